The Bertz CT molecular complexity index is 1320. The van der Waals surface area contributed by atoms with E-state index in [0.717, 1.165) is 21.0 Å². The van der Waals surface area contributed by atoms with Gasteiger partial charge >= 0.3 is 6.03 Å². The zero-order chi connectivity index (χ0) is 26.8. The number of tetrazole rings is 1. The minimum absolute atomic E-state index is 0.0946. The Hall–Kier alpha value is -4.24. The second kappa shape index (κ2) is 10.6. The molecule has 2 aliphatic heterocycles. The maximum absolute atomic E-state index is 12.9. The minimum atomic E-state index is -0.920. The van der Waals surface area contributed by atoms with Gasteiger partial charge in [-0.05, 0) is 17.2 Å². The first-order valence-corrected chi connectivity index (χ1v) is 12.8. The lowest BCUT2D eigenvalue weighted by atomic mass is 10.1. The summed E-state index contributed by atoms with van der Waals surface area (Å²) in [7, 11) is 2.93. The van der Waals surface area contributed by atoms with Crippen molar-refractivity contribution >= 4 is 35.1 Å². The van der Waals surface area contributed by atoms with E-state index >= 15 is 0 Å². The third kappa shape index (κ3) is 5.24. The molecule has 5 amide bonds. The summed E-state index contributed by atoms with van der Waals surface area (Å²) in [5.41, 5.74) is 2.21. The summed E-state index contributed by atoms with van der Waals surface area (Å²) in [4.78, 5) is 56.8. The number of nitrogens with zero attached hydrogens (tertiary/aromatic N) is 6. The number of rotatable bonds is 7. The van der Waals surface area contributed by atoms with Crippen LogP contribution in [-0.4, -0.2) is 91.9 Å². The fraction of sp³-hybridized carbons (Fsp3) is 0.391. The Morgan fingerprint density at radius 1 is 1.21 bits per heavy atom. The van der Waals surface area contributed by atoms with E-state index in [9.17, 15) is 19.2 Å². The van der Waals surface area contributed by atoms with Crippen molar-refractivity contribution in [2.24, 2.45) is 0 Å². The number of nitrogens with one attached hydrogen (secondary N) is 4. The molecule has 0 radical (unpaired) electrons. The number of carbonyl (C=O) groups is 4. The number of carbonyl (C=O) groups excluding carboxylic acids is 4. The number of hydrogen-bond acceptors (Lipinski definition) is 10. The number of imide groups is 1. The molecule has 2 aromatic heterocycles. The number of H-pyrrole nitrogens is 1. The van der Waals surface area contributed by atoms with Crippen molar-refractivity contribution in [3.05, 3.63) is 45.9 Å². The van der Waals surface area contributed by atoms with E-state index in [4.69, 9.17) is 0 Å². The van der Waals surface area contributed by atoms with Crippen LogP contribution in [-0.2, 0) is 16.1 Å². The topological polar surface area (TPSA) is 178 Å². The Labute approximate surface area is 221 Å². The van der Waals surface area contributed by atoms with E-state index in [2.05, 4.69) is 46.5 Å². The second-order valence-electron chi connectivity index (χ2n) is 9.13. The highest BCUT2D eigenvalue weighted by Crippen LogP contribution is 2.35. The van der Waals surface area contributed by atoms with Crippen LogP contribution in [0, 0.1) is 0 Å². The van der Waals surface area contributed by atoms with Gasteiger partial charge in [0.1, 0.15) is 16.7 Å². The van der Waals surface area contributed by atoms with Crippen LogP contribution in [0.2, 0.25) is 0 Å². The quantitative estimate of drug-likeness (QED) is 0.324. The molecule has 4 heterocycles. The van der Waals surface area contributed by atoms with Crippen LogP contribution in [0.15, 0.2) is 29.6 Å². The van der Waals surface area contributed by atoms with Crippen LogP contribution in [0.25, 0.3) is 11.4 Å². The standard InChI is InChI=1S/C23H26N10O4S/c1-24-20(35)16-11-38-22(26-16)17-7-14(25-21(36)15-8-18(34)32(2)23(37)27-15)10-33(17)9-12-3-5-13(6-4-12)19-28-30-31-29-19/h3-6,11,14-15,17H,7-10H2,1-2H3,(H,24,35)(H,25,36)(H,27,37)(H,28,29,30,31)/t14-,15-,17-/m0/s1. The molecule has 2 fully saturated rings. The first-order chi connectivity index (χ1) is 18.3. The fourth-order valence-electron chi connectivity index (χ4n) is 4.57. The van der Waals surface area contributed by atoms with Crippen molar-refractivity contribution in [1.29, 1.82) is 0 Å². The van der Waals surface area contributed by atoms with Crippen LogP contribution in [0.1, 0.15) is 39.9 Å². The molecule has 14 nitrogen and oxygen atoms in total. The zero-order valence-corrected chi connectivity index (χ0v) is 21.5. The first kappa shape index (κ1) is 25.4. The normalized spacial score (nSPS) is 21.8. The smallest absolute Gasteiger partial charge is 0.324 e. The molecule has 0 bridgehead atoms. The van der Waals surface area contributed by atoms with Crippen LogP contribution >= 0.6 is 11.3 Å². The molecule has 0 saturated carbocycles. The maximum Gasteiger partial charge on any atom is 0.324 e. The summed E-state index contributed by atoms with van der Waals surface area (Å²) in [6, 6.07) is 5.88. The molecule has 198 valence electrons. The molecular weight excluding hydrogens is 512 g/mol. The summed E-state index contributed by atoms with van der Waals surface area (Å²) in [6.45, 7) is 1.09. The maximum atomic E-state index is 12.9. The highest BCUT2D eigenvalue weighted by molar-refractivity contribution is 7.09. The van der Waals surface area contributed by atoms with Gasteiger partial charge in [0, 0.05) is 44.2 Å². The van der Waals surface area contributed by atoms with Crippen molar-refractivity contribution in [2.45, 2.75) is 37.5 Å². The van der Waals surface area contributed by atoms with Gasteiger partial charge in [-0.25, -0.2) is 9.78 Å². The lowest BCUT2D eigenvalue weighted by Gasteiger charge is -2.28. The van der Waals surface area contributed by atoms with Gasteiger partial charge in [0.05, 0.1) is 12.5 Å². The monoisotopic (exact) mass is 538 g/mol. The van der Waals surface area contributed by atoms with Crippen LogP contribution < -0.4 is 16.0 Å². The molecule has 0 spiro atoms. The minimum Gasteiger partial charge on any atom is -0.354 e. The molecule has 1 aromatic carbocycles. The van der Waals surface area contributed by atoms with Gasteiger partial charge in [-0.3, -0.25) is 24.2 Å². The molecule has 15 heteroatoms. The Balaban J connectivity index is 1.32. The lowest BCUT2D eigenvalue weighted by Crippen LogP contribution is -2.59. The van der Waals surface area contributed by atoms with Crippen molar-refractivity contribution in [3.63, 3.8) is 0 Å². The fourth-order valence-corrected chi connectivity index (χ4v) is 5.52. The molecule has 2 saturated heterocycles. The average molecular weight is 539 g/mol. The molecule has 3 atom stereocenters. The van der Waals surface area contributed by atoms with E-state index in [1.165, 1.54) is 18.4 Å². The molecule has 4 N–H and O–H groups in total. The van der Waals surface area contributed by atoms with E-state index in [1.54, 1.807) is 12.4 Å². The Morgan fingerprint density at radius 3 is 2.68 bits per heavy atom. The van der Waals surface area contributed by atoms with Gasteiger partial charge in [0.15, 0.2) is 0 Å². The summed E-state index contributed by atoms with van der Waals surface area (Å²) < 4.78 is 0. The number of urea groups is 1. The van der Waals surface area contributed by atoms with Gasteiger partial charge in [0.2, 0.25) is 17.6 Å². The third-order valence-corrected chi connectivity index (χ3v) is 7.58. The van der Waals surface area contributed by atoms with Gasteiger partial charge in [-0.2, -0.15) is 5.21 Å². The van der Waals surface area contributed by atoms with Gasteiger partial charge in [-0.1, -0.05) is 24.3 Å². The van der Waals surface area contributed by atoms with Gasteiger partial charge in [0.25, 0.3) is 5.91 Å². The summed E-state index contributed by atoms with van der Waals surface area (Å²) >= 11 is 1.39. The highest BCUT2D eigenvalue weighted by atomic mass is 32.1. The van der Waals surface area contributed by atoms with Crippen LogP contribution in [0.4, 0.5) is 4.79 Å². The second-order valence-corrected chi connectivity index (χ2v) is 10.0. The molecule has 0 unspecified atom stereocenters. The number of aromatic nitrogens is 5. The summed E-state index contributed by atoms with van der Waals surface area (Å²) in [5, 5.41) is 24.7. The van der Waals surface area contributed by atoms with Crippen molar-refractivity contribution in [3.8, 4) is 11.4 Å². The largest absolute Gasteiger partial charge is 0.354 e. The predicted molar refractivity (Wildman–Crippen MR) is 135 cm³/mol. The van der Waals surface area contributed by atoms with E-state index in [0.29, 0.717) is 31.0 Å². The van der Waals surface area contributed by atoms with E-state index in [-0.39, 0.29) is 24.4 Å². The number of amides is 5. The third-order valence-electron chi connectivity index (χ3n) is 6.63. The van der Waals surface area contributed by atoms with Crippen molar-refractivity contribution in [2.75, 3.05) is 20.6 Å². The number of hydrogen-bond donors (Lipinski definition) is 4. The Morgan fingerprint density at radius 2 is 2.00 bits per heavy atom. The van der Waals surface area contributed by atoms with E-state index in [1.807, 2.05) is 24.3 Å². The molecule has 38 heavy (non-hydrogen) atoms. The predicted octanol–water partition coefficient (Wildman–Crippen LogP) is 0.0549. The highest BCUT2D eigenvalue weighted by Gasteiger charge is 2.39. The van der Waals surface area contributed by atoms with Crippen molar-refractivity contribution < 1.29 is 19.2 Å². The number of aromatic amines is 1. The van der Waals surface area contributed by atoms with Crippen molar-refractivity contribution in [1.82, 2.24) is 51.4 Å². The van der Waals surface area contributed by atoms with Crippen LogP contribution in [0.5, 0.6) is 0 Å². The molecule has 3 aromatic rings. The molecule has 2 aliphatic rings. The summed E-state index contributed by atoms with van der Waals surface area (Å²) in [5.74, 6) is -0.572. The Kier molecular flexibility index (Phi) is 7.11. The van der Waals surface area contributed by atoms with Crippen LogP contribution in [0.3, 0.4) is 0 Å². The number of benzene rings is 1. The average Bonchev–Trinajstić information content (AvgIpc) is 3.68. The first-order valence-electron chi connectivity index (χ1n) is 11.9. The van der Waals surface area contributed by atoms with E-state index < -0.39 is 23.9 Å². The lowest BCUT2D eigenvalue weighted by molar-refractivity contribution is -0.134. The number of thiazole rings is 1. The zero-order valence-electron chi connectivity index (χ0n) is 20.7. The molecule has 5 rings (SSSR count). The SMILES string of the molecule is CNC(=O)c1csc([C@@H]2C[C@H](NC(=O)[C@@H]3CC(=O)N(C)C(=O)N3)CN2Cc2ccc(-c3nn[nH]n3)cc2)n1. The summed E-state index contributed by atoms with van der Waals surface area (Å²) in [6.07, 6.45) is 0.463. The van der Waals surface area contributed by atoms with Gasteiger partial charge < -0.3 is 16.0 Å². The molecule has 0 aliphatic carbocycles. The van der Waals surface area contributed by atoms with Gasteiger partial charge in [-0.15, -0.1) is 21.5 Å². The molecular formula is C23H26N10O4S. The number of likely N-dealkylation sites (tertiary alicyclic amines) is 1.